The molecule has 0 amide bonds. The van der Waals surface area contributed by atoms with Crippen molar-refractivity contribution in [2.75, 3.05) is 13.7 Å². The molecule has 2 N–H and O–H groups in total. The highest BCUT2D eigenvalue weighted by Crippen LogP contribution is 2.51. The van der Waals surface area contributed by atoms with E-state index in [1.54, 1.807) is 7.11 Å². The van der Waals surface area contributed by atoms with Crippen molar-refractivity contribution in [2.24, 2.45) is 5.73 Å². The molecule has 0 heterocycles. The number of nitrogens with two attached hydrogens (primary N) is 1. The summed E-state index contributed by atoms with van der Waals surface area (Å²) in [5, 5.41) is 0.728. The number of ether oxygens (including phenoxy) is 1. The Morgan fingerprint density at radius 2 is 2.13 bits per heavy atom. The molecule has 1 fully saturated rings. The molecular formula is C12H16ClNO. The van der Waals surface area contributed by atoms with Crippen LogP contribution < -0.4 is 10.5 Å². The van der Waals surface area contributed by atoms with E-state index in [9.17, 15) is 0 Å². The van der Waals surface area contributed by atoms with Gasteiger partial charge in [0.2, 0.25) is 0 Å². The van der Waals surface area contributed by atoms with Gasteiger partial charge in [-0.25, -0.2) is 0 Å². The number of hydrogen-bond acceptors (Lipinski definition) is 2. The van der Waals surface area contributed by atoms with Crippen LogP contribution in [0.3, 0.4) is 0 Å². The number of hydrogen-bond donors (Lipinski definition) is 1. The average Bonchev–Trinajstić information content (AvgIpc) is 3.01. The van der Waals surface area contributed by atoms with Gasteiger partial charge in [-0.15, -0.1) is 0 Å². The predicted octanol–water partition coefficient (Wildman–Crippen LogP) is 2.65. The standard InChI is InChI=1S/C12H16ClNO/c1-8-5-9(12(7-14)3-4-12)11(13)10(6-8)15-2/h5-6H,3-4,7,14H2,1-2H3. The van der Waals surface area contributed by atoms with E-state index in [0.717, 1.165) is 29.2 Å². The number of rotatable bonds is 3. The summed E-state index contributed by atoms with van der Waals surface area (Å²) >= 11 is 6.30. The molecule has 1 aromatic carbocycles. The maximum atomic E-state index is 6.30. The molecule has 0 aromatic heterocycles. The molecule has 0 atom stereocenters. The summed E-state index contributed by atoms with van der Waals surface area (Å²) in [6.07, 6.45) is 2.27. The highest BCUT2D eigenvalue weighted by molar-refractivity contribution is 6.33. The number of halogens is 1. The zero-order chi connectivity index (χ0) is 11.1. The Hall–Kier alpha value is -0.730. The highest BCUT2D eigenvalue weighted by atomic mass is 35.5. The lowest BCUT2D eigenvalue weighted by Crippen LogP contribution is -2.20. The van der Waals surface area contributed by atoms with Gasteiger partial charge in [0.25, 0.3) is 0 Å². The second-order valence-corrected chi connectivity index (χ2v) is 4.69. The molecule has 0 radical (unpaired) electrons. The van der Waals surface area contributed by atoms with Gasteiger partial charge in [-0.3, -0.25) is 0 Å². The Bertz CT molecular complexity index is 385. The lowest BCUT2D eigenvalue weighted by Gasteiger charge is -2.17. The summed E-state index contributed by atoms with van der Waals surface area (Å²) in [5.74, 6) is 0.756. The third kappa shape index (κ3) is 1.72. The fourth-order valence-corrected chi connectivity index (χ4v) is 2.39. The number of aryl methyl sites for hydroxylation is 1. The topological polar surface area (TPSA) is 35.2 Å². The van der Waals surface area contributed by atoms with E-state index in [0.29, 0.717) is 6.54 Å². The van der Waals surface area contributed by atoms with E-state index in [-0.39, 0.29) is 5.41 Å². The van der Waals surface area contributed by atoms with Crippen molar-refractivity contribution in [3.63, 3.8) is 0 Å². The quantitative estimate of drug-likeness (QED) is 0.859. The van der Waals surface area contributed by atoms with Crippen LogP contribution in [-0.2, 0) is 5.41 Å². The first-order chi connectivity index (χ1) is 7.13. The van der Waals surface area contributed by atoms with Crippen LogP contribution in [0.4, 0.5) is 0 Å². The van der Waals surface area contributed by atoms with E-state index in [1.807, 2.05) is 6.07 Å². The largest absolute Gasteiger partial charge is 0.495 e. The molecule has 15 heavy (non-hydrogen) atoms. The van der Waals surface area contributed by atoms with Gasteiger partial charge in [-0.05, 0) is 37.0 Å². The Morgan fingerprint density at radius 3 is 2.60 bits per heavy atom. The van der Waals surface area contributed by atoms with Crippen LogP contribution in [0.2, 0.25) is 5.02 Å². The van der Waals surface area contributed by atoms with E-state index >= 15 is 0 Å². The fourth-order valence-electron chi connectivity index (χ4n) is 2.00. The molecule has 0 bridgehead atoms. The molecule has 0 aliphatic heterocycles. The lowest BCUT2D eigenvalue weighted by atomic mass is 9.94. The average molecular weight is 226 g/mol. The summed E-state index contributed by atoms with van der Waals surface area (Å²) in [4.78, 5) is 0. The van der Waals surface area contributed by atoms with Gasteiger partial charge >= 0.3 is 0 Å². The van der Waals surface area contributed by atoms with Gasteiger partial charge in [0.05, 0.1) is 12.1 Å². The molecule has 0 unspecified atom stereocenters. The lowest BCUT2D eigenvalue weighted by molar-refractivity contribution is 0.413. The highest BCUT2D eigenvalue weighted by Gasteiger charge is 2.44. The smallest absolute Gasteiger partial charge is 0.138 e. The van der Waals surface area contributed by atoms with Crippen molar-refractivity contribution in [2.45, 2.75) is 25.2 Å². The molecule has 0 spiro atoms. The third-order valence-corrected chi connectivity index (χ3v) is 3.61. The summed E-state index contributed by atoms with van der Waals surface area (Å²) in [5.41, 5.74) is 8.26. The van der Waals surface area contributed by atoms with Crippen molar-refractivity contribution >= 4 is 11.6 Å². The van der Waals surface area contributed by atoms with Gasteiger partial charge in [0.1, 0.15) is 5.75 Å². The fraction of sp³-hybridized carbons (Fsp3) is 0.500. The van der Waals surface area contributed by atoms with E-state index in [2.05, 4.69) is 13.0 Å². The molecule has 2 nitrogen and oxygen atoms in total. The summed E-state index contributed by atoms with van der Waals surface area (Å²) in [6.45, 7) is 2.72. The Balaban J connectivity index is 2.51. The Morgan fingerprint density at radius 1 is 1.47 bits per heavy atom. The van der Waals surface area contributed by atoms with Crippen molar-refractivity contribution in [3.8, 4) is 5.75 Å². The van der Waals surface area contributed by atoms with Crippen molar-refractivity contribution in [1.82, 2.24) is 0 Å². The minimum Gasteiger partial charge on any atom is -0.495 e. The number of benzene rings is 1. The molecule has 1 aliphatic rings. The van der Waals surface area contributed by atoms with Gasteiger partial charge in [0, 0.05) is 12.0 Å². The van der Waals surface area contributed by atoms with Gasteiger partial charge in [0.15, 0.2) is 0 Å². The second-order valence-electron chi connectivity index (χ2n) is 4.31. The molecule has 3 heteroatoms. The van der Waals surface area contributed by atoms with E-state index in [1.165, 1.54) is 5.56 Å². The Kier molecular flexibility index (Phi) is 2.65. The van der Waals surface area contributed by atoms with E-state index in [4.69, 9.17) is 22.1 Å². The van der Waals surface area contributed by atoms with Crippen molar-refractivity contribution in [3.05, 3.63) is 28.3 Å². The van der Waals surface area contributed by atoms with Gasteiger partial charge in [-0.1, -0.05) is 17.7 Å². The van der Waals surface area contributed by atoms with Crippen LogP contribution in [0.5, 0.6) is 5.75 Å². The summed E-state index contributed by atoms with van der Waals surface area (Å²) in [6, 6.07) is 4.09. The maximum Gasteiger partial charge on any atom is 0.138 e. The second kappa shape index (κ2) is 3.69. The molecule has 1 aliphatic carbocycles. The third-order valence-electron chi connectivity index (χ3n) is 3.22. The van der Waals surface area contributed by atoms with Crippen LogP contribution in [-0.4, -0.2) is 13.7 Å². The maximum absolute atomic E-state index is 6.30. The molecule has 1 aromatic rings. The molecule has 0 saturated heterocycles. The van der Waals surface area contributed by atoms with Crippen LogP contribution in [0, 0.1) is 6.92 Å². The first-order valence-corrected chi connectivity index (χ1v) is 5.55. The minimum atomic E-state index is 0.121. The first-order valence-electron chi connectivity index (χ1n) is 5.17. The zero-order valence-electron chi connectivity index (χ0n) is 9.14. The van der Waals surface area contributed by atoms with Crippen molar-refractivity contribution < 1.29 is 4.74 Å². The van der Waals surface area contributed by atoms with Crippen LogP contribution in [0.25, 0.3) is 0 Å². The molecular weight excluding hydrogens is 210 g/mol. The van der Waals surface area contributed by atoms with E-state index < -0.39 is 0 Å². The number of methoxy groups -OCH3 is 1. The van der Waals surface area contributed by atoms with Gasteiger partial charge < -0.3 is 10.5 Å². The monoisotopic (exact) mass is 225 g/mol. The SMILES string of the molecule is COc1cc(C)cc(C2(CN)CC2)c1Cl. The van der Waals surface area contributed by atoms with Crippen LogP contribution in [0.15, 0.2) is 12.1 Å². The Labute approximate surface area is 95.4 Å². The first kappa shape index (κ1) is 10.8. The van der Waals surface area contributed by atoms with Gasteiger partial charge in [-0.2, -0.15) is 0 Å². The van der Waals surface area contributed by atoms with Crippen LogP contribution >= 0.6 is 11.6 Å². The summed E-state index contributed by atoms with van der Waals surface area (Å²) in [7, 11) is 1.65. The zero-order valence-corrected chi connectivity index (χ0v) is 9.90. The minimum absolute atomic E-state index is 0.121. The molecule has 2 rings (SSSR count). The normalized spacial score (nSPS) is 17.6. The predicted molar refractivity (Wildman–Crippen MR) is 62.7 cm³/mol. The van der Waals surface area contributed by atoms with Crippen molar-refractivity contribution in [1.29, 1.82) is 0 Å². The van der Waals surface area contributed by atoms with Crippen LogP contribution in [0.1, 0.15) is 24.0 Å². The summed E-state index contributed by atoms with van der Waals surface area (Å²) < 4.78 is 5.26. The molecule has 1 saturated carbocycles. The molecule has 82 valence electrons.